The second-order valence-electron chi connectivity index (χ2n) is 3.60. The summed E-state index contributed by atoms with van der Waals surface area (Å²) >= 11 is 0. The number of nitrogens with one attached hydrogen (secondary N) is 1. The largest absolute Gasteiger partial charge is 0.464 e. The first-order valence-electron chi connectivity index (χ1n) is 5.68. The number of amides is 1. The minimum absolute atomic E-state index is 0.296. The molecule has 1 aromatic heterocycles. The van der Waals surface area contributed by atoms with E-state index in [1.807, 2.05) is 6.07 Å². The number of nitrogens with zero attached hydrogens (tertiary/aromatic N) is 1. The zero-order chi connectivity index (χ0) is 13.4. The maximum absolute atomic E-state index is 11.5. The van der Waals surface area contributed by atoms with Crippen molar-refractivity contribution in [2.75, 3.05) is 6.61 Å². The van der Waals surface area contributed by atoms with Crippen molar-refractivity contribution in [2.24, 2.45) is 0 Å². The lowest BCUT2D eigenvalue weighted by atomic mass is 10.2. The van der Waals surface area contributed by atoms with E-state index in [2.05, 4.69) is 10.3 Å². The zero-order valence-electron chi connectivity index (χ0n) is 10.4. The van der Waals surface area contributed by atoms with Crippen molar-refractivity contribution in [3.63, 3.8) is 0 Å². The number of aromatic nitrogens is 1. The van der Waals surface area contributed by atoms with Crippen LogP contribution in [-0.4, -0.2) is 29.5 Å². The Hall–Kier alpha value is -2.17. The number of hydrogen-bond donors (Lipinski definition) is 1. The Balaban J connectivity index is 2.47. The Kier molecular flexibility index (Phi) is 5.57. The van der Waals surface area contributed by atoms with Crippen LogP contribution < -0.4 is 5.32 Å². The van der Waals surface area contributed by atoms with Gasteiger partial charge in [0, 0.05) is 18.5 Å². The number of ether oxygens (including phenoxy) is 1. The summed E-state index contributed by atoms with van der Waals surface area (Å²) in [6.45, 7) is 3.59. The molecular weight excluding hydrogens is 232 g/mol. The van der Waals surface area contributed by atoms with E-state index in [4.69, 9.17) is 4.74 Å². The van der Waals surface area contributed by atoms with Crippen LogP contribution in [0.25, 0.3) is 6.08 Å². The molecule has 0 spiro atoms. The minimum Gasteiger partial charge on any atom is -0.464 e. The highest BCUT2D eigenvalue weighted by Gasteiger charge is 2.14. The maximum atomic E-state index is 11.5. The van der Waals surface area contributed by atoms with Gasteiger partial charge in [-0.1, -0.05) is 6.07 Å². The molecule has 1 amide bonds. The van der Waals surface area contributed by atoms with E-state index in [-0.39, 0.29) is 5.91 Å². The van der Waals surface area contributed by atoms with Crippen LogP contribution in [0.2, 0.25) is 0 Å². The van der Waals surface area contributed by atoms with Gasteiger partial charge < -0.3 is 10.1 Å². The highest BCUT2D eigenvalue weighted by molar-refractivity contribution is 5.94. The van der Waals surface area contributed by atoms with Crippen LogP contribution in [-0.2, 0) is 14.3 Å². The first kappa shape index (κ1) is 13.9. The summed E-state index contributed by atoms with van der Waals surface area (Å²) in [5.74, 6) is -0.792. The second kappa shape index (κ2) is 7.21. The number of rotatable bonds is 5. The van der Waals surface area contributed by atoms with Crippen LogP contribution >= 0.6 is 0 Å². The van der Waals surface area contributed by atoms with Crippen molar-refractivity contribution in [1.29, 1.82) is 0 Å². The topological polar surface area (TPSA) is 68.3 Å². The van der Waals surface area contributed by atoms with Crippen molar-refractivity contribution in [1.82, 2.24) is 10.3 Å². The minimum atomic E-state index is -0.656. The van der Waals surface area contributed by atoms with Crippen LogP contribution in [0.4, 0.5) is 0 Å². The van der Waals surface area contributed by atoms with Crippen molar-refractivity contribution in [2.45, 2.75) is 19.9 Å². The molecule has 96 valence electrons. The molecule has 0 radical (unpaired) electrons. The first-order chi connectivity index (χ1) is 8.63. The molecule has 0 aliphatic carbocycles. The van der Waals surface area contributed by atoms with Gasteiger partial charge in [-0.3, -0.25) is 9.78 Å². The Morgan fingerprint density at radius 1 is 1.56 bits per heavy atom. The molecule has 5 nitrogen and oxygen atoms in total. The molecule has 18 heavy (non-hydrogen) atoms. The predicted molar refractivity (Wildman–Crippen MR) is 67.5 cm³/mol. The average Bonchev–Trinajstić information content (AvgIpc) is 2.38. The summed E-state index contributed by atoms with van der Waals surface area (Å²) in [6.07, 6.45) is 6.27. The lowest BCUT2D eigenvalue weighted by Crippen LogP contribution is -2.38. The molecule has 0 aliphatic rings. The second-order valence-corrected chi connectivity index (χ2v) is 3.60. The fourth-order valence-electron chi connectivity index (χ4n) is 1.23. The molecular formula is C13H16N2O3. The van der Waals surface area contributed by atoms with E-state index < -0.39 is 12.0 Å². The van der Waals surface area contributed by atoms with Crippen LogP contribution in [0.1, 0.15) is 19.4 Å². The summed E-state index contributed by atoms with van der Waals surface area (Å²) in [5.41, 5.74) is 0.816. The lowest BCUT2D eigenvalue weighted by molar-refractivity contribution is -0.146. The number of carbonyl (C=O) groups is 2. The molecule has 1 aromatic rings. The molecule has 0 aromatic carbocycles. The molecule has 5 heteroatoms. The van der Waals surface area contributed by atoms with Gasteiger partial charge in [0.2, 0.25) is 5.91 Å². The predicted octanol–water partition coefficient (Wildman–Crippen LogP) is 1.16. The Bertz CT molecular complexity index is 429. The molecule has 1 unspecified atom stereocenters. The Morgan fingerprint density at radius 2 is 2.33 bits per heavy atom. The van der Waals surface area contributed by atoms with Crippen LogP contribution in [0.15, 0.2) is 30.6 Å². The molecule has 1 N–H and O–H groups in total. The molecule has 0 saturated carbocycles. The highest BCUT2D eigenvalue weighted by Crippen LogP contribution is 1.98. The van der Waals surface area contributed by atoms with Gasteiger partial charge >= 0.3 is 5.97 Å². The van der Waals surface area contributed by atoms with Gasteiger partial charge in [-0.15, -0.1) is 0 Å². The van der Waals surface area contributed by atoms with Gasteiger partial charge in [-0.25, -0.2) is 4.79 Å². The molecule has 0 bridgehead atoms. The number of esters is 1. The summed E-state index contributed by atoms with van der Waals surface area (Å²) in [6, 6.07) is 2.95. The normalized spacial score (nSPS) is 12.1. The fourth-order valence-corrected chi connectivity index (χ4v) is 1.23. The maximum Gasteiger partial charge on any atom is 0.328 e. The summed E-state index contributed by atoms with van der Waals surface area (Å²) in [4.78, 5) is 26.7. The van der Waals surface area contributed by atoms with Crippen molar-refractivity contribution < 1.29 is 14.3 Å². The van der Waals surface area contributed by atoms with E-state index in [0.29, 0.717) is 6.61 Å². The summed E-state index contributed by atoms with van der Waals surface area (Å²) in [7, 11) is 0. The monoisotopic (exact) mass is 248 g/mol. The van der Waals surface area contributed by atoms with Crippen molar-refractivity contribution in [3.8, 4) is 0 Å². The zero-order valence-corrected chi connectivity index (χ0v) is 10.4. The summed E-state index contributed by atoms with van der Waals surface area (Å²) < 4.78 is 4.78. The van der Waals surface area contributed by atoms with Crippen molar-refractivity contribution >= 4 is 18.0 Å². The third kappa shape index (κ3) is 4.78. The van der Waals surface area contributed by atoms with Gasteiger partial charge in [0.15, 0.2) is 0 Å². The van der Waals surface area contributed by atoms with E-state index in [9.17, 15) is 9.59 Å². The number of carbonyl (C=O) groups excluding carboxylic acids is 2. The molecule has 0 fully saturated rings. The standard InChI is InChI=1S/C13H16N2O3/c1-3-18-13(17)10(2)15-12(16)7-6-11-5-4-8-14-9-11/h4-10H,3H2,1-2H3,(H,15,16)/b7-6+. The molecule has 1 atom stereocenters. The van der Waals surface area contributed by atoms with Crippen molar-refractivity contribution in [3.05, 3.63) is 36.2 Å². The average molecular weight is 248 g/mol. The summed E-state index contributed by atoms with van der Waals surface area (Å²) in [5, 5.41) is 2.51. The SMILES string of the molecule is CCOC(=O)C(C)NC(=O)/C=C/c1cccnc1. The third-order valence-electron chi connectivity index (χ3n) is 2.11. The number of pyridine rings is 1. The molecule has 0 aliphatic heterocycles. The first-order valence-corrected chi connectivity index (χ1v) is 5.68. The van der Waals surface area contributed by atoms with Crippen LogP contribution in [0.3, 0.4) is 0 Å². The number of hydrogen-bond acceptors (Lipinski definition) is 4. The quantitative estimate of drug-likeness (QED) is 0.627. The smallest absolute Gasteiger partial charge is 0.328 e. The lowest BCUT2D eigenvalue weighted by Gasteiger charge is -2.10. The Labute approximate surface area is 106 Å². The van der Waals surface area contributed by atoms with E-state index in [1.165, 1.54) is 6.08 Å². The fraction of sp³-hybridized carbons (Fsp3) is 0.308. The molecule has 1 rings (SSSR count). The van der Waals surface area contributed by atoms with E-state index in [1.54, 1.807) is 38.4 Å². The van der Waals surface area contributed by atoms with Gasteiger partial charge in [0.1, 0.15) is 6.04 Å². The Morgan fingerprint density at radius 3 is 2.94 bits per heavy atom. The van der Waals surface area contributed by atoms with E-state index >= 15 is 0 Å². The van der Waals surface area contributed by atoms with Gasteiger partial charge in [0.05, 0.1) is 6.61 Å². The van der Waals surface area contributed by atoms with Gasteiger partial charge in [-0.2, -0.15) is 0 Å². The van der Waals surface area contributed by atoms with Crippen LogP contribution in [0.5, 0.6) is 0 Å². The third-order valence-corrected chi connectivity index (χ3v) is 2.11. The van der Waals surface area contributed by atoms with Gasteiger partial charge in [-0.05, 0) is 31.6 Å². The van der Waals surface area contributed by atoms with E-state index in [0.717, 1.165) is 5.56 Å². The van der Waals surface area contributed by atoms with Gasteiger partial charge in [0.25, 0.3) is 0 Å². The highest BCUT2D eigenvalue weighted by atomic mass is 16.5. The molecule has 0 saturated heterocycles. The van der Waals surface area contributed by atoms with Crippen LogP contribution in [0, 0.1) is 0 Å². The molecule has 1 heterocycles.